The van der Waals surface area contributed by atoms with E-state index in [-0.39, 0.29) is 5.91 Å². The van der Waals surface area contributed by atoms with Crippen molar-refractivity contribution in [2.45, 2.75) is 6.92 Å². The van der Waals surface area contributed by atoms with Gasteiger partial charge in [0.05, 0.1) is 23.4 Å². The largest absolute Gasteiger partial charge is 0.274 e. The third-order valence-electron chi connectivity index (χ3n) is 1.89. The molecule has 0 aliphatic carbocycles. The monoisotopic (exact) mass is 214 g/mol. The summed E-state index contributed by atoms with van der Waals surface area (Å²) < 4.78 is 0. The van der Waals surface area contributed by atoms with Crippen molar-refractivity contribution in [1.29, 1.82) is 0 Å². The van der Waals surface area contributed by atoms with Gasteiger partial charge in [-0.15, -0.1) is 0 Å². The lowest BCUT2D eigenvalue weighted by atomic mass is 10.3. The summed E-state index contributed by atoms with van der Waals surface area (Å²) in [5.41, 5.74) is 4.54. The van der Waals surface area contributed by atoms with Gasteiger partial charge in [-0.25, -0.2) is 10.4 Å². The molecular formula is C11H10N4O. The number of hydrogen-bond acceptors (Lipinski definition) is 4. The normalized spacial score (nSPS) is 10.8. The molecule has 0 aliphatic heterocycles. The Kier molecular flexibility index (Phi) is 2.86. The third-order valence-corrected chi connectivity index (χ3v) is 1.89. The fourth-order valence-corrected chi connectivity index (χ4v) is 1.22. The SMILES string of the molecule is CC(=O)N/N=C\c1cnc2ccccc2n1. The molecule has 1 N–H and O–H groups in total. The van der Waals surface area contributed by atoms with Gasteiger partial charge in [0.25, 0.3) is 0 Å². The van der Waals surface area contributed by atoms with Gasteiger partial charge >= 0.3 is 0 Å². The van der Waals surface area contributed by atoms with Crippen molar-refractivity contribution in [3.8, 4) is 0 Å². The number of hydrogen-bond donors (Lipinski definition) is 1. The number of nitrogens with zero attached hydrogens (tertiary/aromatic N) is 3. The Balaban J connectivity index is 2.26. The minimum absolute atomic E-state index is 0.218. The zero-order chi connectivity index (χ0) is 11.4. The molecule has 16 heavy (non-hydrogen) atoms. The van der Waals surface area contributed by atoms with Crippen LogP contribution in [0.1, 0.15) is 12.6 Å². The molecule has 1 amide bonds. The molecule has 1 aromatic carbocycles. The molecular weight excluding hydrogens is 204 g/mol. The van der Waals surface area contributed by atoms with Gasteiger partial charge in [-0.2, -0.15) is 5.10 Å². The highest BCUT2D eigenvalue weighted by Crippen LogP contribution is 2.07. The molecule has 0 saturated heterocycles. The second kappa shape index (κ2) is 4.48. The second-order valence-corrected chi connectivity index (χ2v) is 3.21. The summed E-state index contributed by atoms with van der Waals surface area (Å²) in [7, 11) is 0. The first-order chi connectivity index (χ1) is 7.75. The molecule has 0 aliphatic rings. The molecule has 0 fully saturated rings. The van der Waals surface area contributed by atoms with Gasteiger partial charge in [0.2, 0.25) is 5.91 Å². The number of nitrogens with one attached hydrogen (secondary N) is 1. The highest BCUT2D eigenvalue weighted by Gasteiger charge is 1.96. The van der Waals surface area contributed by atoms with Crippen LogP contribution in [-0.2, 0) is 4.79 Å². The number of rotatable bonds is 2. The van der Waals surface area contributed by atoms with Gasteiger partial charge < -0.3 is 0 Å². The lowest BCUT2D eigenvalue weighted by Crippen LogP contribution is -2.12. The number of amides is 1. The summed E-state index contributed by atoms with van der Waals surface area (Å²) >= 11 is 0. The van der Waals surface area contributed by atoms with E-state index in [0.717, 1.165) is 11.0 Å². The molecule has 0 radical (unpaired) electrons. The van der Waals surface area contributed by atoms with E-state index in [0.29, 0.717) is 5.69 Å². The summed E-state index contributed by atoms with van der Waals surface area (Å²) in [5, 5.41) is 3.72. The maximum Gasteiger partial charge on any atom is 0.236 e. The van der Waals surface area contributed by atoms with E-state index >= 15 is 0 Å². The highest BCUT2D eigenvalue weighted by atomic mass is 16.2. The van der Waals surface area contributed by atoms with E-state index in [1.54, 1.807) is 6.20 Å². The fraction of sp³-hybridized carbons (Fsp3) is 0.0909. The number of carbonyl (C=O) groups is 1. The molecule has 0 spiro atoms. The standard InChI is InChI=1S/C11H10N4O/c1-8(16)15-13-7-9-6-12-10-4-2-3-5-11(10)14-9/h2-7H,1H3,(H,15,16)/b13-7-. The van der Waals surface area contributed by atoms with Crippen molar-refractivity contribution in [3.63, 3.8) is 0 Å². The van der Waals surface area contributed by atoms with E-state index in [1.165, 1.54) is 13.1 Å². The number of fused-ring (bicyclic) bond motifs is 1. The lowest BCUT2D eigenvalue weighted by molar-refractivity contribution is -0.118. The van der Waals surface area contributed by atoms with Crippen LogP contribution in [0.4, 0.5) is 0 Å². The van der Waals surface area contributed by atoms with Crippen LogP contribution in [0.3, 0.4) is 0 Å². The van der Waals surface area contributed by atoms with Gasteiger partial charge in [0, 0.05) is 6.92 Å². The summed E-state index contributed by atoms with van der Waals surface area (Å²) in [5.74, 6) is -0.218. The van der Waals surface area contributed by atoms with Crippen LogP contribution < -0.4 is 5.43 Å². The van der Waals surface area contributed by atoms with Crippen LogP contribution in [-0.4, -0.2) is 22.1 Å². The number of para-hydroxylation sites is 2. The molecule has 1 aromatic heterocycles. The van der Waals surface area contributed by atoms with E-state index in [9.17, 15) is 4.79 Å². The number of aromatic nitrogens is 2. The van der Waals surface area contributed by atoms with Gasteiger partial charge in [-0.05, 0) is 12.1 Å². The summed E-state index contributed by atoms with van der Waals surface area (Å²) in [6, 6.07) is 7.56. The number of hydrazone groups is 1. The van der Waals surface area contributed by atoms with Crippen LogP contribution in [0.5, 0.6) is 0 Å². The Labute approximate surface area is 92.2 Å². The van der Waals surface area contributed by atoms with Crippen LogP contribution >= 0.6 is 0 Å². The van der Waals surface area contributed by atoms with Crippen molar-refractivity contribution in [3.05, 3.63) is 36.2 Å². The average molecular weight is 214 g/mol. The van der Waals surface area contributed by atoms with Crippen LogP contribution in [0.25, 0.3) is 11.0 Å². The maximum absolute atomic E-state index is 10.6. The molecule has 5 nitrogen and oxygen atoms in total. The van der Waals surface area contributed by atoms with Gasteiger partial charge in [-0.1, -0.05) is 12.1 Å². The summed E-state index contributed by atoms with van der Waals surface area (Å²) in [6.07, 6.45) is 3.06. The second-order valence-electron chi connectivity index (χ2n) is 3.21. The van der Waals surface area contributed by atoms with Crippen molar-refractivity contribution >= 4 is 23.2 Å². The zero-order valence-electron chi connectivity index (χ0n) is 8.71. The molecule has 1 heterocycles. The van der Waals surface area contributed by atoms with Crippen molar-refractivity contribution in [1.82, 2.24) is 15.4 Å². The Bertz CT molecular complexity index is 550. The highest BCUT2D eigenvalue weighted by molar-refractivity contribution is 5.83. The molecule has 0 atom stereocenters. The maximum atomic E-state index is 10.6. The Morgan fingerprint density at radius 3 is 2.88 bits per heavy atom. The summed E-state index contributed by atoms with van der Waals surface area (Å²) in [6.45, 7) is 1.39. The molecule has 0 bridgehead atoms. The third kappa shape index (κ3) is 2.38. The lowest BCUT2D eigenvalue weighted by Gasteiger charge is -1.97. The quantitative estimate of drug-likeness (QED) is 0.601. The molecule has 5 heteroatoms. The molecule has 2 aromatic rings. The predicted octanol–water partition coefficient (Wildman–Crippen LogP) is 1.10. The van der Waals surface area contributed by atoms with E-state index in [2.05, 4.69) is 20.5 Å². The van der Waals surface area contributed by atoms with Gasteiger partial charge in [0.1, 0.15) is 5.69 Å². The topological polar surface area (TPSA) is 67.2 Å². The zero-order valence-corrected chi connectivity index (χ0v) is 8.71. The van der Waals surface area contributed by atoms with E-state index < -0.39 is 0 Å². The summed E-state index contributed by atoms with van der Waals surface area (Å²) in [4.78, 5) is 19.1. The van der Waals surface area contributed by atoms with Crippen molar-refractivity contribution < 1.29 is 4.79 Å². The average Bonchev–Trinajstić information content (AvgIpc) is 2.28. The van der Waals surface area contributed by atoms with Crippen LogP contribution in [0, 0.1) is 0 Å². The minimum atomic E-state index is -0.218. The van der Waals surface area contributed by atoms with E-state index in [1.807, 2.05) is 24.3 Å². The number of carbonyl (C=O) groups excluding carboxylic acids is 1. The van der Waals surface area contributed by atoms with Gasteiger partial charge in [-0.3, -0.25) is 9.78 Å². The molecule has 80 valence electrons. The Morgan fingerprint density at radius 2 is 2.12 bits per heavy atom. The predicted molar refractivity (Wildman–Crippen MR) is 60.9 cm³/mol. The Hall–Kier alpha value is -2.30. The first-order valence-corrected chi connectivity index (χ1v) is 4.77. The minimum Gasteiger partial charge on any atom is -0.274 e. The van der Waals surface area contributed by atoms with Crippen LogP contribution in [0.15, 0.2) is 35.6 Å². The number of benzene rings is 1. The molecule has 0 saturated carbocycles. The van der Waals surface area contributed by atoms with E-state index in [4.69, 9.17) is 0 Å². The first kappa shape index (κ1) is 10.2. The first-order valence-electron chi connectivity index (χ1n) is 4.77. The molecule has 0 unspecified atom stereocenters. The smallest absolute Gasteiger partial charge is 0.236 e. The molecule has 2 rings (SSSR count). The fourth-order valence-electron chi connectivity index (χ4n) is 1.22. The van der Waals surface area contributed by atoms with Gasteiger partial charge in [0.15, 0.2) is 0 Å². The Morgan fingerprint density at radius 1 is 1.38 bits per heavy atom. The van der Waals surface area contributed by atoms with Crippen LogP contribution in [0.2, 0.25) is 0 Å². The van der Waals surface area contributed by atoms with Crippen molar-refractivity contribution in [2.75, 3.05) is 0 Å². The van der Waals surface area contributed by atoms with Crippen molar-refractivity contribution in [2.24, 2.45) is 5.10 Å².